The summed E-state index contributed by atoms with van der Waals surface area (Å²) in [6, 6.07) is 13.3. The van der Waals surface area contributed by atoms with Crippen molar-refractivity contribution in [1.29, 1.82) is 0 Å². The van der Waals surface area contributed by atoms with Crippen molar-refractivity contribution in [2.45, 2.75) is 19.4 Å². The van der Waals surface area contributed by atoms with E-state index in [4.69, 9.17) is 21.1 Å². The first-order chi connectivity index (χ1) is 12.9. The molecule has 0 fully saturated rings. The predicted octanol–water partition coefficient (Wildman–Crippen LogP) is 3.71. The molecule has 0 radical (unpaired) electrons. The van der Waals surface area contributed by atoms with Crippen molar-refractivity contribution in [3.63, 3.8) is 0 Å². The van der Waals surface area contributed by atoms with Crippen molar-refractivity contribution in [3.05, 3.63) is 58.6 Å². The monoisotopic (exact) mass is 390 g/mol. The summed E-state index contributed by atoms with van der Waals surface area (Å²) in [6.07, 6.45) is 0.816. The van der Waals surface area contributed by atoms with Gasteiger partial charge in [-0.05, 0) is 55.8 Å². The molecule has 0 saturated carbocycles. The number of benzene rings is 2. The maximum absolute atomic E-state index is 12.3. The number of nitrogens with one attached hydrogen (secondary N) is 1. The fourth-order valence-corrected chi connectivity index (χ4v) is 2.93. The maximum Gasteiger partial charge on any atom is 0.234 e. The van der Waals surface area contributed by atoms with E-state index in [1.54, 1.807) is 14.2 Å². The molecular weight excluding hydrogens is 364 g/mol. The molecule has 0 spiro atoms. The van der Waals surface area contributed by atoms with Gasteiger partial charge in [-0.2, -0.15) is 0 Å². The molecule has 2 aromatic carbocycles. The summed E-state index contributed by atoms with van der Waals surface area (Å²) in [6.45, 7) is 3.06. The summed E-state index contributed by atoms with van der Waals surface area (Å²) >= 11 is 5.90. The average Bonchev–Trinajstić information content (AvgIpc) is 2.66. The first kappa shape index (κ1) is 21.1. The Balaban J connectivity index is 1.81. The molecule has 146 valence electrons. The van der Waals surface area contributed by atoms with Crippen molar-refractivity contribution in [2.24, 2.45) is 0 Å². The number of rotatable bonds is 9. The standard InChI is InChI=1S/C21H27ClN2O3/c1-15(17-6-8-18(22)9-7-17)23-21(25)14-24(2)12-11-16-5-10-19(26-3)20(13-16)27-4/h5-10,13,15H,11-12,14H2,1-4H3,(H,23,25)/t15-/m0/s1. The highest BCUT2D eigenvalue weighted by atomic mass is 35.5. The number of nitrogens with zero attached hydrogens (tertiary/aromatic N) is 1. The zero-order valence-corrected chi connectivity index (χ0v) is 17.0. The maximum atomic E-state index is 12.3. The highest BCUT2D eigenvalue weighted by molar-refractivity contribution is 6.30. The van der Waals surface area contributed by atoms with E-state index in [0.29, 0.717) is 23.1 Å². The minimum atomic E-state index is -0.0611. The molecule has 27 heavy (non-hydrogen) atoms. The van der Waals surface area contributed by atoms with Gasteiger partial charge in [0.1, 0.15) is 0 Å². The van der Waals surface area contributed by atoms with Crippen LogP contribution in [0.15, 0.2) is 42.5 Å². The Morgan fingerprint density at radius 2 is 1.78 bits per heavy atom. The van der Waals surface area contributed by atoms with Gasteiger partial charge in [0.25, 0.3) is 0 Å². The van der Waals surface area contributed by atoms with E-state index >= 15 is 0 Å². The number of ether oxygens (including phenoxy) is 2. The predicted molar refractivity (Wildman–Crippen MR) is 109 cm³/mol. The Morgan fingerprint density at radius 3 is 2.41 bits per heavy atom. The minimum Gasteiger partial charge on any atom is -0.493 e. The lowest BCUT2D eigenvalue weighted by atomic mass is 10.1. The quantitative estimate of drug-likeness (QED) is 0.709. The SMILES string of the molecule is COc1ccc(CCN(C)CC(=O)N[C@@H](C)c2ccc(Cl)cc2)cc1OC. The molecule has 0 aromatic heterocycles. The van der Waals surface area contributed by atoms with Crippen LogP contribution in [0.2, 0.25) is 5.02 Å². The van der Waals surface area contributed by atoms with E-state index in [-0.39, 0.29) is 11.9 Å². The number of halogens is 1. The highest BCUT2D eigenvalue weighted by Gasteiger charge is 2.12. The third-order valence-corrected chi connectivity index (χ3v) is 4.64. The Hall–Kier alpha value is -2.24. The third-order valence-electron chi connectivity index (χ3n) is 4.39. The molecule has 0 aliphatic heterocycles. The van der Waals surface area contributed by atoms with Crippen molar-refractivity contribution in [2.75, 3.05) is 34.4 Å². The summed E-state index contributed by atoms with van der Waals surface area (Å²) in [5.74, 6) is 1.42. The fraction of sp³-hybridized carbons (Fsp3) is 0.381. The highest BCUT2D eigenvalue weighted by Crippen LogP contribution is 2.27. The van der Waals surface area contributed by atoms with Gasteiger partial charge < -0.3 is 14.8 Å². The summed E-state index contributed by atoms with van der Waals surface area (Å²) in [5, 5.41) is 3.71. The number of hydrogen-bond acceptors (Lipinski definition) is 4. The van der Waals surface area contributed by atoms with Gasteiger partial charge in [-0.3, -0.25) is 9.69 Å². The number of likely N-dealkylation sites (N-methyl/N-ethyl adjacent to an activating group) is 1. The number of hydrogen-bond donors (Lipinski definition) is 1. The number of carbonyl (C=O) groups is 1. The number of methoxy groups -OCH3 is 2. The zero-order valence-electron chi connectivity index (χ0n) is 16.3. The van der Waals surface area contributed by atoms with E-state index < -0.39 is 0 Å². The van der Waals surface area contributed by atoms with Crippen LogP contribution in [0.3, 0.4) is 0 Å². The molecule has 5 nitrogen and oxygen atoms in total. The molecule has 0 unspecified atom stereocenters. The second-order valence-corrected chi connectivity index (χ2v) is 6.95. The van der Waals surface area contributed by atoms with Crippen LogP contribution in [-0.4, -0.2) is 45.2 Å². The van der Waals surface area contributed by atoms with Gasteiger partial charge in [-0.1, -0.05) is 29.8 Å². The second kappa shape index (κ2) is 10.2. The van der Waals surface area contributed by atoms with Crippen molar-refractivity contribution in [1.82, 2.24) is 10.2 Å². The van der Waals surface area contributed by atoms with Gasteiger partial charge in [-0.15, -0.1) is 0 Å². The molecule has 0 bridgehead atoms. The topological polar surface area (TPSA) is 50.8 Å². The Labute approximate surface area is 166 Å². The third kappa shape index (κ3) is 6.45. The smallest absolute Gasteiger partial charge is 0.234 e. The Kier molecular flexibility index (Phi) is 7.95. The van der Waals surface area contributed by atoms with Crippen LogP contribution in [0.5, 0.6) is 11.5 Å². The first-order valence-corrected chi connectivity index (χ1v) is 9.25. The second-order valence-electron chi connectivity index (χ2n) is 6.52. The van der Waals surface area contributed by atoms with Crippen LogP contribution in [0, 0.1) is 0 Å². The average molecular weight is 391 g/mol. The van der Waals surface area contributed by atoms with Gasteiger partial charge in [0.15, 0.2) is 11.5 Å². The zero-order chi connectivity index (χ0) is 19.8. The molecule has 1 N–H and O–H groups in total. The normalized spacial score (nSPS) is 11.9. The van der Waals surface area contributed by atoms with Crippen molar-refractivity contribution in [3.8, 4) is 11.5 Å². The molecule has 2 aromatic rings. The lowest BCUT2D eigenvalue weighted by Crippen LogP contribution is -2.37. The largest absolute Gasteiger partial charge is 0.493 e. The van der Waals surface area contributed by atoms with Crippen LogP contribution in [0.25, 0.3) is 0 Å². The lowest BCUT2D eigenvalue weighted by molar-refractivity contribution is -0.122. The molecule has 0 saturated heterocycles. The van der Waals surface area contributed by atoms with Gasteiger partial charge in [-0.25, -0.2) is 0 Å². The van der Waals surface area contributed by atoms with Crippen molar-refractivity contribution >= 4 is 17.5 Å². The summed E-state index contributed by atoms with van der Waals surface area (Å²) in [7, 11) is 5.18. The molecule has 6 heteroatoms. The van der Waals surface area contributed by atoms with Crippen LogP contribution >= 0.6 is 11.6 Å². The molecule has 0 heterocycles. The minimum absolute atomic E-state index is 0.00717. The summed E-state index contributed by atoms with van der Waals surface area (Å²) < 4.78 is 10.6. The van der Waals surface area contributed by atoms with Gasteiger partial charge in [0.05, 0.1) is 26.8 Å². The van der Waals surface area contributed by atoms with E-state index in [9.17, 15) is 4.79 Å². The van der Waals surface area contributed by atoms with Crippen LogP contribution in [0.4, 0.5) is 0 Å². The van der Waals surface area contributed by atoms with Gasteiger partial charge in [0.2, 0.25) is 5.91 Å². The Bertz CT molecular complexity index is 750. The number of carbonyl (C=O) groups excluding carboxylic acids is 1. The van der Waals surface area contributed by atoms with Crippen molar-refractivity contribution < 1.29 is 14.3 Å². The van der Waals surface area contributed by atoms with E-state index in [1.165, 1.54) is 0 Å². The molecule has 1 atom stereocenters. The number of amides is 1. The first-order valence-electron chi connectivity index (χ1n) is 8.87. The van der Waals surface area contributed by atoms with Gasteiger partial charge >= 0.3 is 0 Å². The Morgan fingerprint density at radius 1 is 1.11 bits per heavy atom. The lowest BCUT2D eigenvalue weighted by Gasteiger charge is -2.19. The summed E-state index contributed by atoms with van der Waals surface area (Å²) in [5.41, 5.74) is 2.16. The van der Waals surface area contributed by atoms with E-state index in [2.05, 4.69) is 5.32 Å². The molecule has 0 aliphatic rings. The fourth-order valence-electron chi connectivity index (χ4n) is 2.80. The molecule has 0 aliphatic carbocycles. The molecule has 2 rings (SSSR count). The van der Waals surface area contributed by atoms with Gasteiger partial charge in [0, 0.05) is 11.6 Å². The summed E-state index contributed by atoms with van der Waals surface area (Å²) in [4.78, 5) is 14.3. The molecule has 1 amide bonds. The van der Waals surface area contributed by atoms with E-state index in [0.717, 1.165) is 24.1 Å². The van der Waals surface area contributed by atoms with E-state index in [1.807, 2.05) is 61.3 Å². The van der Waals surface area contributed by atoms with Crippen LogP contribution in [-0.2, 0) is 11.2 Å². The molecular formula is C21H27ClN2O3. The van der Waals surface area contributed by atoms with Crippen LogP contribution < -0.4 is 14.8 Å². The van der Waals surface area contributed by atoms with Crippen LogP contribution in [0.1, 0.15) is 24.1 Å².